The van der Waals surface area contributed by atoms with Crippen LogP contribution in [0.15, 0.2) is 0 Å². The Labute approximate surface area is 87.1 Å². The van der Waals surface area contributed by atoms with Gasteiger partial charge in [-0.05, 0) is 32.4 Å². The maximum atomic E-state index is 10.7. The topological polar surface area (TPSA) is 23.6 Å². The molecule has 14 heavy (non-hydrogen) atoms. The van der Waals surface area contributed by atoms with Gasteiger partial charge < -0.3 is 9.80 Å². The first-order valence-electron chi connectivity index (χ1n) is 5.68. The van der Waals surface area contributed by atoms with Gasteiger partial charge in [-0.15, -0.1) is 0 Å². The number of rotatable bonds is 5. The van der Waals surface area contributed by atoms with Crippen LogP contribution in [0.5, 0.6) is 0 Å². The minimum atomic E-state index is 0.404. The van der Waals surface area contributed by atoms with Gasteiger partial charge in [-0.2, -0.15) is 0 Å². The molecule has 0 bridgehead atoms. The smallest absolute Gasteiger partial charge is 0.312 e. The van der Waals surface area contributed by atoms with Gasteiger partial charge in [0.15, 0.2) is 0 Å². The van der Waals surface area contributed by atoms with Gasteiger partial charge in [0.25, 0.3) is 0 Å². The molecule has 1 rings (SSSR count). The molecule has 1 amide bonds. The van der Waals surface area contributed by atoms with Crippen LogP contribution in [0.3, 0.4) is 0 Å². The molecular weight excluding hydrogens is 176 g/mol. The highest BCUT2D eigenvalue weighted by molar-refractivity contribution is 5.49. The highest BCUT2D eigenvalue weighted by atomic mass is 16.1. The highest BCUT2D eigenvalue weighted by Gasteiger charge is 2.22. The quantitative estimate of drug-likeness (QED) is 0.662. The lowest BCUT2D eigenvalue weighted by atomic mass is 10.0. The third kappa shape index (κ3) is 2.98. The molecule has 0 aromatic heterocycles. The van der Waals surface area contributed by atoms with Crippen molar-refractivity contribution in [2.24, 2.45) is 0 Å². The van der Waals surface area contributed by atoms with Crippen molar-refractivity contribution in [3.63, 3.8) is 0 Å². The van der Waals surface area contributed by atoms with Crippen molar-refractivity contribution < 1.29 is 4.79 Å². The normalized spacial score (nSPS) is 22.8. The van der Waals surface area contributed by atoms with E-state index in [0.29, 0.717) is 6.04 Å². The van der Waals surface area contributed by atoms with Crippen LogP contribution < -0.4 is 0 Å². The third-order valence-electron chi connectivity index (χ3n) is 3.11. The van der Waals surface area contributed by atoms with E-state index < -0.39 is 0 Å². The Hall–Kier alpha value is -0.570. The van der Waals surface area contributed by atoms with Gasteiger partial charge in [0.1, 0.15) is 0 Å². The number of amides is 1. The Kier molecular flexibility index (Phi) is 4.94. The van der Waals surface area contributed by atoms with Crippen molar-refractivity contribution in [3.05, 3.63) is 0 Å². The number of hydrogen-bond donors (Lipinski definition) is 0. The lowest BCUT2D eigenvalue weighted by molar-refractivity contribution is 0.165. The van der Waals surface area contributed by atoms with Gasteiger partial charge >= 0.3 is 6.41 Å². The van der Waals surface area contributed by atoms with Gasteiger partial charge in [-0.3, -0.25) is 4.79 Å². The van der Waals surface area contributed by atoms with Crippen molar-refractivity contribution in [2.45, 2.75) is 39.2 Å². The molecule has 1 radical (unpaired) electrons. The van der Waals surface area contributed by atoms with Crippen molar-refractivity contribution in [1.82, 2.24) is 9.80 Å². The molecule has 0 aromatic carbocycles. The summed E-state index contributed by atoms with van der Waals surface area (Å²) in [5.74, 6) is 0. The van der Waals surface area contributed by atoms with Crippen LogP contribution in [0.25, 0.3) is 0 Å². The van der Waals surface area contributed by atoms with E-state index in [1.807, 2.05) is 4.90 Å². The van der Waals surface area contributed by atoms with Crippen LogP contribution in [0, 0.1) is 0 Å². The monoisotopic (exact) mass is 197 g/mol. The summed E-state index contributed by atoms with van der Waals surface area (Å²) in [6, 6.07) is 0.404. The van der Waals surface area contributed by atoms with Crippen molar-refractivity contribution in [2.75, 3.05) is 26.2 Å². The molecule has 3 nitrogen and oxygen atoms in total. The van der Waals surface area contributed by atoms with Crippen LogP contribution in [0.1, 0.15) is 33.1 Å². The van der Waals surface area contributed by atoms with Gasteiger partial charge in [0.2, 0.25) is 0 Å². The second kappa shape index (κ2) is 6.02. The molecule has 3 heteroatoms. The molecular formula is C11H21N2O. The zero-order valence-corrected chi connectivity index (χ0v) is 9.33. The van der Waals surface area contributed by atoms with Crippen molar-refractivity contribution >= 4 is 6.41 Å². The summed E-state index contributed by atoms with van der Waals surface area (Å²) in [7, 11) is 0. The predicted octanol–water partition coefficient (Wildman–Crippen LogP) is 1.25. The van der Waals surface area contributed by atoms with E-state index in [-0.39, 0.29) is 0 Å². The predicted molar refractivity (Wildman–Crippen MR) is 57.8 cm³/mol. The summed E-state index contributed by atoms with van der Waals surface area (Å²) in [4.78, 5) is 14.9. The fraction of sp³-hybridized carbons (Fsp3) is 0.909. The molecule has 0 spiro atoms. The van der Waals surface area contributed by atoms with Crippen molar-refractivity contribution in [1.29, 1.82) is 0 Å². The maximum Gasteiger partial charge on any atom is 0.312 e. The average molecular weight is 197 g/mol. The number of nitrogens with zero attached hydrogens (tertiary/aromatic N) is 2. The Balaban J connectivity index is 2.42. The van der Waals surface area contributed by atoms with Gasteiger partial charge in [-0.1, -0.05) is 13.8 Å². The summed E-state index contributed by atoms with van der Waals surface area (Å²) in [6.07, 6.45) is 5.61. The second-order valence-electron chi connectivity index (χ2n) is 3.92. The average Bonchev–Trinajstić information content (AvgIpc) is 2.26. The number of carbonyl (C=O) groups excluding carboxylic acids is 1. The van der Waals surface area contributed by atoms with Crippen molar-refractivity contribution in [3.8, 4) is 0 Å². The Morgan fingerprint density at radius 2 is 2.07 bits per heavy atom. The third-order valence-corrected chi connectivity index (χ3v) is 3.11. The van der Waals surface area contributed by atoms with E-state index >= 15 is 0 Å². The van der Waals surface area contributed by atoms with Crippen LogP contribution in [0.2, 0.25) is 0 Å². The number of piperidine rings is 1. The fourth-order valence-electron chi connectivity index (χ4n) is 2.09. The maximum absolute atomic E-state index is 10.7. The van der Waals surface area contributed by atoms with Crippen LogP contribution in [-0.2, 0) is 4.79 Å². The van der Waals surface area contributed by atoms with Gasteiger partial charge in [-0.25, -0.2) is 0 Å². The van der Waals surface area contributed by atoms with Gasteiger partial charge in [0, 0.05) is 19.1 Å². The highest BCUT2D eigenvalue weighted by Crippen LogP contribution is 2.16. The largest absolute Gasteiger partial charge is 0.330 e. The molecule has 1 atom stereocenters. The first-order valence-corrected chi connectivity index (χ1v) is 5.68. The minimum absolute atomic E-state index is 0.404. The Morgan fingerprint density at radius 3 is 2.64 bits per heavy atom. The molecule has 1 aliphatic heterocycles. The summed E-state index contributed by atoms with van der Waals surface area (Å²) >= 11 is 0. The molecule has 0 N–H and O–H groups in total. The van der Waals surface area contributed by atoms with E-state index in [4.69, 9.17) is 0 Å². The molecule has 81 valence electrons. The zero-order chi connectivity index (χ0) is 10.4. The zero-order valence-electron chi connectivity index (χ0n) is 9.33. The molecule has 0 saturated carbocycles. The first kappa shape index (κ1) is 11.5. The molecule has 1 unspecified atom stereocenters. The molecule has 1 fully saturated rings. The van der Waals surface area contributed by atoms with E-state index in [2.05, 4.69) is 25.2 Å². The van der Waals surface area contributed by atoms with E-state index in [1.54, 1.807) is 0 Å². The summed E-state index contributed by atoms with van der Waals surface area (Å²) in [5, 5.41) is 0. The Bertz CT molecular complexity index is 169. The SMILES string of the molecule is CCN(CC)CC1CCCCN1[C]=O. The van der Waals surface area contributed by atoms with E-state index in [0.717, 1.165) is 39.0 Å². The van der Waals surface area contributed by atoms with Crippen LogP contribution in [0.4, 0.5) is 0 Å². The standard InChI is InChI=1S/C11H21N2O/c1-3-12(4-2)9-11-7-5-6-8-13(11)10-14/h11H,3-9H2,1-2H3. The molecule has 1 saturated heterocycles. The lowest BCUT2D eigenvalue weighted by Gasteiger charge is -2.35. The van der Waals surface area contributed by atoms with E-state index in [1.165, 1.54) is 6.42 Å². The lowest BCUT2D eigenvalue weighted by Crippen LogP contribution is -2.45. The Morgan fingerprint density at radius 1 is 1.36 bits per heavy atom. The van der Waals surface area contributed by atoms with Crippen LogP contribution in [-0.4, -0.2) is 48.4 Å². The summed E-state index contributed by atoms with van der Waals surface area (Å²) < 4.78 is 0. The second-order valence-corrected chi connectivity index (χ2v) is 3.92. The molecule has 0 aliphatic carbocycles. The molecule has 1 heterocycles. The minimum Gasteiger partial charge on any atom is -0.330 e. The number of hydrogen-bond acceptors (Lipinski definition) is 2. The summed E-state index contributed by atoms with van der Waals surface area (Å²) in [5.41, 5.74) is 0. The first-order chi connectivity index (χ1) is 6.81. The molecule has 1 aliphatic rings. The summed E-state index contributed by atoms with van der Waals surface area (Å²) in [6.45, 7) is 8.39. The number of likely N-dealkylation sites (N-methyl/N-ethyl adjacent to an activating group) is 1. The fourth-order valence-corrected chi connectivity index (χ4v) is 2.09. The van der Waals surface area contributed by atoms with E-state index in [9.17, 15) is 4.79 Å². The number of likely N-dealkylation sites (tertiary alicyclic amines) is 1. The molecule has 0 aromatic rings. The van der Waals surface area contributed by atoms with Gasteiger partial charge in [0.05, 0.1) is 0 Å². The van der Waals surface area contributed by atoms with Crippen LogP contribution >= 0.6 is 0 Å².